The van der Waals surface area contributed by atoms with Crippen molar-refractivity contribution in [3.05, 3.63) is 5.82 Å². The first kappa shape index (κ1) is 7.31. The van der Waals surface area contributed by atoms with Gasteiger partial charge in [-0.2, -0.15) is 5.10 Å². The smallest absolute Gasteiger partial charge is 0.188 e. The van der Waals surface area contributed by atoms with Crippen LogP contribution in [0.1, 0.15) is 26.6 Å². The summed E-state index contributed by atoms with van der Waals surface area (Å²) in [4.78, 5) is 4.22. The summed E-state index contributed by atoms with van der Waals surface area (Å²) >= 11 is 0. The molecule has 0 saturated carbocycles. The Morgan fingerprint density at radius 1 is 1.40 bits per heavy atom. The average Bonchev–Trinajstić information content (AvgIpc) is 2.11. The zero-order valence-electron chi connectivity index (χ0n) is 6.89. The molecule has 0 aliphatic carbocycles. The van der Waals surface area contributed by atoms with Crippen molar-refractivity contribution in [3.8, 4) is 0 Å². The SMILES string of the molecule is Bc1nc(C(C)(C)C)n[nH]1. The highest BCUT2D eigenvalue weighted by atomic mass is 15.2. The third-order valence-corrected chi connectivity index (χ3v) is 1.27. The lowest BCUT2D eigenvalue weighted by Gasteiger charge is -2.11. The third-order valence-electron chi connectivity index (χ3n) is 1.27. The number of H-pyrrole nitrogens is 1. The van der Waals surface area contributed by atoms with Gasteiger partial charge in [-0.25, -0.2) is 4.98 Å². The van der Waals surface area contributed by atoms with Crippen LogP contribution in [0, 0.1) is 0 Å². The molecule has 54 valence electrons. The molecule has 0 fully saturated rings. The predicted molar refractivity (Wildman–Crippen MR) is 43.3 cm³/mol. The van der Waals surface area contributed by atoms with E-state index >= 15 is 0 Å². The summed E-state index contributed by atoms with van der Waals surface area (Å²) < 4.78 is 0. The second-order valence-electron chi connectivity index (χ2n) is 3.49. The van der Waals surface area contributed by atoms with Crippen molar-refractivity contribution in [1.82, 2.24) is 15.2 Å². The summed E-state index contributed by atoms with van der Waals surface area (Å²) in [6.07, 6.45) is 0. The Balaban J connectivity index is 2.96. The maximum absolute atomic E-state index is 4.22. The lowest BCUT2D eigenvalue weighted by atomic mass is 9.96. The lowest BCUT2D eigenvalue weighted by molar-refractivity contribution is 0.548. The van der Waals surface area contributed by atoms with E-state index in [0.29, 0.717) is 0 Å². The molecule has 0 radical (unpaired) electrons. The number of nitrogens with zero attached hydrogens (tertiary/aromatic N) is 2. The van der Waals surface area contributed by atoms with Crippen molar-refractivity contribution in [2.75, 3.05) is 0 Å². The van der Waals surface area contributed by atoms with Gasteiger partial charge in [-0.15, -0.1) is 0 Å². The predicted octanol–water partition coefficient (Wildman–Crippen LogP) is -0.639. The number of hydrogen-bond acceptors (Lipinski definition) is 2. The molecule has 1 rings (SSSR count). The molecular formula is C6H12BN3. The Morgan fingerprint density at radius 3 is 2.20 bits per heavy atom. The fourth-order valence-electron chi connectivity index (χ4n) is 0.678. The highest BCUT2D eigenvalue weighted by Gasteiger charge is 2.17. The molecule has 10 heavy (non-hydrogen) atoms. The number of hydrogen-bond donors (Lipinski definition) is 1. The van der Waals surface area contributed by atoms with E-state index in [1.54, 1.807) is 0 Å². The van der Waals surface area contributed by atoms with Crippen LogP contribution in [0.5, 0.6) is 0 Å². The highest BCUT2D eigenvalue weighted by Crippen LogP contribution is 2.15. The van der Waals surface area contributed by atoms with Crippen LogP contribution in [-0.4, -0.2) is 23.0 Å². The van der Waals surface area contributed by atoms with E-state index in [2.05, 4.69) is 36.0 Å². The van der Waals surface area contributed by atoms with E-state index in [4.69, 9.17) is 0 Å². The summed E-state index contributed by atoms with van der Waals surface area (Å²) in [5.74, 6) is 0.880. The molecule has 0 amide bonds. The molecule has 1 aromatic heterocycles. The molecule has 1 heterocycles. The molecule has 0 aliphatic rings. The summed E-state index contributed by atoms with van der Waals surface area (Å²) in [5, 5.41) is 6.86. The number of aromatic nitrogens is 3. The molecule has 0 aliphatic heterocycles. The van der Waals surface area contributed by atoms with Gasteiger partial charge in [0.15, 0.2) is 13.7 Å². The van der Waals surface area contributed by atoms with E-state index in [0.717, 1.165) is 11.5 Å². The Labute approximate surface area is 61.7 Å². The van der Waals surface area contributed by atoms with Gasteiger partial charge in [0.1, 0.15) is 0 Å². The van der Waals surface area contributed by atoms with Gasteiger partial charge in [0.05, 0.1) is 5.72 Å². The molecule has 1 aromatic rings. The summed E-state index contributed by atoms with van der Waals surface area (Å²) in [7, 11) is 1.90. The summed E-state index contributed by atoms with van der Waals surface area (Å²) in [6, 6.07) is 0. The maximum Gasteiger partial charge on any atom is 0.188 e. The minimum Gasteiger partial charge on any atom is -0.273 e. The first-order valence-corrected chi connectivity index (χ1v) is 3.39. The fraction of sp³-hybridized carbons (Fsp3) is 0.667. The van der Waals surface area contributed by atoms with Crippen LogP contribution in [0.2, 0.25) is 0 Å². The van der Waals surface area contributed by atoms with Gasteiger partial charge in [-0.3, -0.25) is 5.10 Å². The van der Waals surface area contributed by atoms with Crippen molar-refractivity contribution in [2.45, 2.75) is 26.2 Å². The average molecular weight is 137 g/mol. The third kappa shape index (κ3) is 1.37. The monoisotopic (exact) mass is 137 g/mol. The van der Waals surface area contributed by atoms with Gasteiger partial charge in [-0.05, 0) is 0 Å². The molecule has 0 saturated heterocycles. The lowest BCUT2D eigenvalue weighted by Crippen LogP contribution is -2.15. The Hall–Kier alpha value is -0.795. The number of rotatable bonds is 0. The minimum absolute atomic E-state index is 0.0603. The zero-order chi connectivity index (χ0) is 7.78. The number of aromatic amines is 1. The molecule has 0 aromatic carbocycles. The van der Waals surface area contributed by atoms with Gasteiger partial charge in [0.25, 0.3) is 0 Å². The van der Waals surface area contributed by atoms with Crippen LogP contribution in [0.3, 0.4) is 0 Å². The van der Waals surface area contributed by atoms with Gasteiger partial charge >= 0.3 is 0 Å². The van der Waals surface area contributed by atoms with E-state index in [9.17, 15) is 0 Å². The first-order chi connectivity index (χ1) is 4.50. The first-order valence-electron chi connectivity index (χ1n) is 3.39. The normalized spacial score (nSPS) is 11.9. The topological polar surface area (TPSA) is 41.6 Å². The number of nitrogens with one attached hydrogen (secondary N) is 1. The molecule has 1 N–H and O–H groups in total. The van der Waals surface area contributed by atoms with Gasteiger partial charge in [0, 0.05) is 5.41 Å². The van der Waals surface area contributed by atoms with Crippen LogP contribution in [0.25, 0.3) is 0 Å². The Morgan fingerprint density at radius 2 is 2.00 bits per heavy atom. The quantitative estimate of drug-likeness (QED) is 0.483. The summed E-state index contributed by atoms with van der Waals surface area (Å²) in [5.41, 5.74) is 0.940. The maximum atomic E-state index is 4.22. The van der Waals surface area contributed by atoms with Crippen molar-refractivity contribution in [3.63, 3.8) is 0 Å². The second-order valence-corrected chi connectivity index (χ2v) is 3.49. The van der Waals surface area contributed by atoms with Crippen LogP contribution < -0.4 is 5.72 Å². The molecular weight excluding hydrogens is 125 g/mol. The van der Waals surface area contributed by atoms with Gasteiger partial charge < -0.3 is 0 Å². The van der Waals surface area contributed by atoms with E-state index in [1.807, 2.05) is 7.85 Å². The minimum atomic E-state index is 0.0603. The molecule has 4 heteroatoms. The standard InChI is InChI=1S/C6H12BN3/c1-6(2,3)4-8-5(7)10-9-4/h7H2,1-3H3,(H,8,9,10). The van der Waals surface area contributed by atoms with Crippen molar-refractivity contribution >= 4 is 13.6 Å². The van der Waals surface area contributed by atoms with E-state index < -0.39 is 0 Å². The fourth-order valence-corrected chi connectivity index (χ4v) is 0.678. The van der Waals surface area contributed by atoms with Crippen LogP contribution in [0.4, 0.5) is 0 Å². The Bertz CT molecular complexity index is 223. The Kier molecular flexibility index (Phi) is 1.54. The molecule has 0 atom stereocenters. The van der Waals surface area contributed by atoms with E-state index in [-0.39, 0.29) is 5.41 Å². The van der Waals surface area contributed by atoms with E-state index in [1.165, 1.54) is 0 Å². The van der Waals surface area contributed by atoms with Gasteiger partial charge in [-0.1, -0.05) is 20.8 Å². The molecule has 3 nitrogen and oxygen atoms in total. The van der Waals surface area contributed by atoms with Crippen LogP contribution >= 0.6 is 0 Å². The second kappa shape index (κ2) is 2.11. The van der Waals surface area contributed by atoms with Crippen LogP contribution in [0.15, 0.2) is 0 Å². The highest BCUT2D eigenvalue weighted by molar-refractivity contribution is 6.28. The molecule has 0 unspecified atom stereocenters. The largest absolute Gasteiger partial charge is 0.273 e. The molecule has 0 spiro atoms. The molecule has 0 bridgehead atoms. The summed E-state index contributed by atoms with van der Waals surface area (Å²) in [6.45, 7) is 6.28. The van der Waals surface area contributed by atoms with Crippen molar-refractivity contribution < 1.29 is 0 Å². The zero-order valence-corrected chi connectivity index (χ0v) is 6.89. The van der Waals surface area contributed by atoms with Gasteiger partial charge in [0.2, 0.25) is 0 Å². The van der Waals surface area contributed by atoms with Crippen LogP contribution in [-0.2, 0) is 5.41 Å². The van der Waals surface area contributed by atoms with Crippen molar-refractivity contribution in [2.24, 2.45) is 0 Å². The van der Waals surface area contributed by atoms with Crippen molar-refractivity contribution in [1.29, 1.82) is 0 Å².